The van der Waals surface area contributed by atoms with Gasteiger partial charge in [-0.3, -0.25) is 4.79 Å². The number of aliphatic hydroxyl groups is 3. The molecule has 65 heavy (non-hydrogen) atoms. The first-order valence-electron chi connectivity index (χ1n) is 29.6. The van der Waals surface area contributed by atoms with Crippen LogP contribution in [0.15, 0.2) is 24.3 Å². The van der Waals surface area contributed by atoms with Gasteiger partial charge in [0.15, 0.2) is 0 Å². The monoisotopic (exact) mass is 916 g/mol. The predicted molar refractivity (Wildman–Crippen MR) is 287 cm³/mol. The van der Waals surface area contributed by atoms with E-state index in [0.29, 0.717) is 6.42 Å². The van der Waals surface area contributed by atoms with Crippen LogP contribution in [0.5, 0.6) is 0 Å². The molecule has 0 fully saturated rings. The zero-order chi connectivity index (χ0) is 47.2. The van der Waals surface area contributed by atoms with Crippen LogP contribution < -0.4 is 5.32 Å². The lowest BCUT2D eigenvalue weighted by molar-refractivity contribution is -0.124. The number of rotatable bonds is 55. The van der Waals surface area contributed by atoms with E-state index in [1.165, 1.54) is 276 Å². The lowest BCUT2D eigenvalue weighted by Gasteiger charge is -2.21. The quantitative estimate of drug-likeness (QED) is 0.0361. The maximum absolute atomic E-state index is 12.5. The number of hydrogen-bond donors (Lipinski definition) is 4. The summed E-state index contributed by atoms with van der Waals surface area (Å²) in [7, 11) is 0. The number of allylic oxidation sites excluding steroid dienone is 3. The van der Waals surface area contributed by atoms with Crippen molar-refractivity contribution in [2.24, 2.45) is 0 Å². The maximum Gasteiger partial charge on any atom is 0.222 e. The highest BCUT2D eigenvalue weighted by molar-refractivity contribution is 5.76. The SMILES string of the molecule is CCCCCCCCCCCCCC/C=C\CCCCCCCCCCCCCCCC(O)CC(=O)NC(CO)C(O)/C=C/CCCCCCCCCCCCCCCCCCCCC. The molecule has 0 aromatic rings. The molecule has 0 aliphatic heterocycles. The second-order valence-corrected chi connectivity index (χ2v) is 20.6. The van der Waals surface area contributed by atoms with Crippen LogP contribution in [0.3, 0.4) is 0 Å². The summed E-state index contributed by atoms with van der Waals surface area (Å²) < 4.78 is 0. The van der Waals surface area contributed by atoms with E-state index in [9.17, 15) is 20.1 Å². The van der Waals surface area contributed by atoms with E-state index in [1.54, 1.807) is 6.08 Å². The number of unbranched alkanes of at least 4 members (excludes halogenated alkanes) is 44. The summed E-state index contributed by atoms with van der Waals surface area (Å²) in [5.41, 5.74) is 0. The average Bonchev–Trinajstić information content (AvgIpc) is 3.30. The van der Waals surface area contributed by atoms with E-state index in [1.807, 2.05) is 6.08 Å². The summed E-state index contributed by atoms with van der Waals surface area (Å²) in [6.45, 7) is 4.26. The van der Waals surface area contributed by atoms with Crippen LogP contribution in [0.1, 0.15) is 328 Å². The minimum Gasteiger partial charge on any atom is -0.394 e. The summed E-state index contributed by atoms with van der Waals surface area (Å²) >= 11 is 0. The Bertz CT molecular complexity index is 967. The topological polar surface area (TPSA) is 89.8 Å². The van der Waals surface area contributed by atoms with Gasteiger partial charge < -0.3 is 20.6 Å². The highest BCUT2D eigenvalue weighted by Crippen LogP contribution is 2.18. The molecular weight excluding hydrogens is 799 g/mol. The molecule has 3 unspecified atom stereocenters. The highest BCUT2D eigenvalue weighted by atomic mass is 16.3. The van der Waals surface area contributed by atoms with Crippen molar-refractivity contribution in [1.82, 2.24) is 5.32 Å². The molecule has 0 saturated carbocycles. The fourth-order valence-corrected chi connectivity index (χ4v) is 9.46. The van der Waals surface area contributed by atoms with Gasteiger partial charge in [-0.1, -0.05) is 301 Å². The largest absolute Gasteiger partial charge is 0.394 e. The number of aliphatic hydroxyl groups excluding tert-OH is 3. The minimum absolute atomic E-state index is 0.0167. The zero-order valence-electron chi connectivity index (χ0n) is 44.1. The molecule has 5 heteroatoms. The molecule has 0 saturated heterocycles. The Kier molecular flexibility index (Phi) is 54.4. The van der Waals surface area contributed by atoms with Crippen molar-refractivity contribution in [2.75, 3.05) is 6.61 Å². The molecule has 0 heterocycles. The second kappa shape index (κ2) is 55.4. The van der Waals surface area contributed by atoms with Crippen LogP contribution in [-0.2, 0) is 4.79 Å². The standard InChI is InChI=1S/C60H117NO4/c1-3-5-7-9-11-13-15-17-19-21-23-25-26-27-28-29-30-31-32-34-35-37-39-41-43-45-47-49-51-53-57(63)55-60(65)61-58(56-62)59(64)54-52-50-48-46-44-42-40-38-36-33-24-22-20-18-16-14-12-10-8-6-4-2/h27-28,52,54,57-59,62-64H,3-26,29-51,53,55-56H2,1-2H3,(H,61,65)/b28-27-,54-52+. The van der Waals surface area contributed by atoms with Crippen molar-refractivity contribution in [3.8, 4) is 0 Å². The van der Waals surface area contributed by atoms with E-state index < -0.39 is 18.2 Å². The predicted octanol–water partition coefficient (Wildman–Crippen LogP) is 18.5. The number of hydrogen-bond acceptors (Lipinski definition) is 4. The van der Waals surface area contributed by atoms with Crippen LogP contribution >= 0.6 is 0 Å². The first-order chi connectivity index (χ1) is 32.0. The zero-order valence-corrected chi connectivity index (χ0v) is 44.1. The lowest BCUT2D eigenvalue weighted by atomic mass is 10.0. The Balaban J connectivity index is 3.53. The molecule has 0 rings (SSSR count). The van der Waals surface area contributed by atoms with Crippen LogP contribution in [-0.4, -0.2) is 46.1 Å². The summed E-state index contributed by atoms with van der Waals surface area (Å²) in [4.78, 5) is 12.5. The molecule has 4 N–H and O–H groups in total. The van der Waals surface area contributed by atoms with Crippen molar-refractivity contribution in [3.05, 3.63) is 24.3 Å². The van der Waals surface area contributed by atoms with E-state index >= 15 is 0 Å². The molecule has 386 valence electrons. The van der Waals surface area contributed by atoms with Gasteiger partial charge in [-0.15, -0.1) is 0 Å². The van der Waals surface area contributed by atoms with Crippen LogP contribution in [0, 0.1) is 0 Å². The molecule has 0 aliphatic carbocycles. The highest BCUT2D eigenvalue weighted by Gasteiger charge is 2.20. The second-order valence-electron chi connectivity index (χ2n) is 20.6. The molecule has 0 aromatic heterocycles. The summed E-state index contributed by atoms with van der Waals surface area (Å²) in [6, 6.07) is -0.743. The van der Waals surface area contributed by atoms with Crippen molar-refractivity contribution in [1.29, 1.82) is 0 Å². The number of nitrogens with one attached hydrogen (secondary N) is 1. The molecule has 0 radical (unpaired) electrons. The van der Waals surface area contributed by atoms with Gasteiger partial charge in [0.05, 0.1) is 31.3 Å². The number of amides is 1. The van der Waals surface area contributed by atoms with Gasteiger partial charge >= 0.3 is 0 Å². The van der Waals surface area contributed by atoms with Gasteiger partial charge in [0.1, 0.15) is 0 Å². The molecule has 0 aromatic carbocycles. The molecular formula is C60H117NO4. The van der Waals surface area contributed by atoms with E-state index in [4.69, 9.17) is 0 Å². The maximum atomic E-state index is 12.5. The van der Waals surface area contributed by atoms with Crippen LogP contribution in [0.2, 0.25) is 0 Å². The Hall–Kier alpha value is -1.17. The van der Waals surface area contributed by atoms with Gasteiger partial charge in [0.2, 0.25) is 5.91 Å². The van der Waals surface area contributed by atoms with Crippen molar-refractivity contribution < 1.29 is 20.1 Å². The summed E-state index contributed by atoms with van der Waals surface area (Å²) in [5.74, 6) is -0.310. The third-order valence-corrected chi connectivity index (χ3v) is 14.0. The Morgan fingerprint density at radius 3 is 0.938 bits per heavy atom. The van der Waals surface area contributed by atoms with Gasteiger partial charge in [0, 0.05) is 0 Å². The summed E-state index contributed by atoms with van der Waals surface area (Å²) in [5, 5.41) is 33.5. The van der Waals surface area contributed by atoms with Gasteiger partial charge in [-0.2, -0.15) is 0 Å². The fourth-order valence-electron chi connectivity index (χ4n) is 9.46. The van der Waals surface area contributed by atoms with Crippen LogP contribution in [0.4, 0.5) is 0 Å². The Morgan fingerprint density at radius 2 is 0.646 bits per heavy atom. The van der Waals surface area contributed by atoms with Gasteiger partial charge in [-0.25, -0.2) is 0 Å². The fraction of sp³-hybridized carbons (Fsp3) is 0.917. The molecule has 0 spiro atoms. The minimum atomic E-state index is -0.928. The van der Waals surface area contributed by atoms with E-state index in [0.717, 1.165) is 25.7 Å². The smallest absolute Gasteiger partial charge is 0.222 e. The molecule has 0 bridgehead atoms. The number of carbonyl (C=O) groups is 1. The third kappa shape index (κ3) is 52.1. The van der Waals surface area contributed by atoms with Gasteiger partial charge in [0.25, 0.3) is 0 Å². The van der Waals surface area contributed by atoms with Gasteiger partial charge in [-0.05, 0) is 44.9 Å². The average molecular weight is 917 g/mol. The van der Waals surface area contributed by atoms with Crippen LogP contribution in [0.25, 0.3) is 0 Å². The molecule has 0 aliphatic rings. The van der Waals surface area contributed by atoms with E-state index in [-0.39, 0.29) is 18.9 Å². The summed E-state index contributed by atoms with van der Waals surface area (Å²) in [6.07, 6.45) is 70.9. The number of carbonyl (C=O) groups excluding carboxylic acids is 1. The first kappa shape index (κ1) is 63.8. The Morgan fingerprint density at radius 1 is 0.385 bits per heavy atom. The lowest BCUT2D eigenvalue weighted by Crippen LogP contribution is -2.45. The van der Waals surface area contributed by atoms with Crippen molar-refractivity contribution in [3.63, 3.8) is 0 Å². The molecule has 3 atom stereocenters. The molecule has 5 nitrogen and oxygen atoms in total. The molecule has 1 amide bonds. The third-order valence-electron chi connectivity index (χ3n) is 14.0. The van der Waals surface area contributed by atoms with E-state index in [2.05, 4.69) is 31.3 Å². The normalized spacial score (nSPS) is 13.4. The first-order valence-corrected chi connectivity index (χ1v) is 29.6. The Labute approximate surface area is 407 Å². The van der Waals surface area contributed by atoms with Crippen molar-refractivity contribution in [2.45, 2.75) is 347 Å². The van der Waals surface area contributed by atoms with Crippen molar-refractivity contribution >= 4 is 5.91 Å².